The Labute approximate surface area is 155 Å². The molecule has 0 radical (unpaired) electrons. The van der Waals surface area contributed by atoms with Crippen LogP contribution in [0.4, 0.5) is 11.4 Å². The molecule has 1 heterocycles. The summed E-state index contributed by atoms with van der Waals surface area (Å²) >= 11 is 0. The second-order valence-electron chi connectivity index (χ2n) is 6.34. The lowest BCUT2D eigenvalue weighted by molar-refractivity contribution is 0.598. The first-order valence-electron chi connectivity index (χ1n) is 8.46. The van der Waals surface area contributed by atoms with E-state index >= 15 is 0 Å². The molecule has 26 heavy (non-hydrogen) atoms. The molecule has 3 rings (SSSR count). The summed E-state index contributed by atoms with van der Waals surface area (Å²) in [6.45, 7) is 4.22. The summed E-state index contributed by atoms with van der Waals surface area (Å²) in [7, 11) is -6.96. The highest BCUT2D eigenvalue weighted by Gasteiger charge is 2.28. The maximum atomic E-state index is 12.6. The first kappa shape index (κ1) is 18.7. The number of rotatable bonds is 5. The van der Waals surface area contributed by atoms with Gasteiger partial charge < -0.3 is 0 Å². The number of aryl methyl sites for hydroxylation is 2. The number of nitrogens with one attached hydrogen (secondary N) is 1. The van der Waals surface area contributed by atoms with Gasteiger partial charge in [-0.15, -0.1) is 0 Å². The summed E-state index contributed by atoms with van der Waals surface area (Å²) in [6.07, 6.45) is 1.44. The molecule has 0 saturated carbocycles. The quantitative estimate of drug-likeness (QED) is 0.845. The number of hydrogen-bond donors (Lipinski definition) is 1. The van der Waals surface area contributed by atoms with Gasteiger partial charge in [-0.1, -0.05) is 19.1 Å². The van der Waals surface area contributed by atoms with Gasteiger partial charge in [-0.3, -0.25) is 9.03 Å². The van der Waals surface area contributed by atoms with Crippen LogP contribution in [0.1, 0.15) is 24.5 Å². The Kier molecular flexibility index (Phi) is 4.98. The Morgan fingerprint density at radius 2 is 1.81 bits per heavy atom. The molecule has 0 spiro atoms. The minimum absolute atomic E-state index is 0.147. The molecule has 1 aliphatic rings. The Morgan fingerprint density at radius 1 is 1.12 bits per heavy atom. The Balaban J connectivity index is 1.85. The number of hydrogen-bond acceptors (Lipinski definition) is 4. The summed E-state index contributed by atoms with van der Waals surface area (Å²) in [5.74, 6) is 0.147. The molecule has 2 aromatic rings. The van der Waals surface area contributed by atoms with Gasteiger partial charge in [0.05, 0.1) is 22.0 Å². The van der Waals surface area contributed by atoms with E-state index in [1.807, 2.05) is 6.92 Å². The van der Waals surface area contributed by atoms with Gasteiger partial charge in [-0.2, -0.15) is 0 Å². The van der Waals surface area contributed by atoms with Gasteiger partial charge in [-0.25, -0.2) is 16.8 Å². The van der Waals surface area contributed by atoms with Crippen LogP contribution in [-0.2, 0) is 26.5 Å². The molecular formula is C18H22N2O4S2. The number of anilines is 2. The summed E-state index contributed by atoms with van der Waals surface area (Å²) in [4.78, 5) is 0.195. The number of nitrogens with zero attached hydrogens (tertiary/aromatic N) is 1. The molecule has 1 N–H and O–H groups in total. The monoisotopic (exact) mass is 394 g/mol. The maximum Gasteiger partial charge on any atom is 0.261 e. The van der Waals surface area contributed by atoms with Crippen molar-refractivity contribution in [1.29, 1.82) is 0 Å². The molecule has 6 nitrogen and oxygen atoms in total. The van der Waals surface area contributed by atoms with Gasteiger partial charge in [0.15, 0.2) is 0 Å². The number of benzene rings is 2. The van der Waals surface area contributed by atoms with E-state index in [9.17, 15) is 16.8 Å². The van der Waals surface area contributed by atoms with E-state index in [2.05, 4.69) is 4.72 Å². The van der Waals surface area contributed by atoms with Crippen LogP contribution in [0.2, 0.25) is 0 Å². The van der Waals surface area contributed by atoms with Gasteiger partial charge >= 0.3 is 0 Å². The largest absolute Gasteiger partial charge is 0.279 e. The van der Waals surface area contributed by atoms with E-state index in [0.29, 0.717) is 29.9 Å². The second kappa shape index (κ2) is 6.92. The third-order valence-corrected chi connectivity index (χ3v) is 7.73. The van der Waals surface area contributed by atoms with Gasteiger partial charge in [0.2, 0.25) is 10.0 Å². The van der Waals surface area contributed by atoms with E-state index in [1.165, 1.54) is 4.31 Å². The lowest BCUT2D eigenvalue weighted by Gasteiger charge is -2.19. The third kappa shape index (κ3) is 3.71. The summed E-state index contributed by atoms with van der Waals surface area (Å²) < 4.78 is 53.2. The molecule has 1 saturated heterocycles. The fourth-order valence-electron chi connectivity index (χ4n) is 2.96. The van der Waals surface area contributed by atoms with Crippen molar-refractivity contribution in [3.05, 3.63) is 53.6 Å². The highest BCUT2D eigenvalue weighted by Crippen LogP contribution is 2.29. The standard InChI is InChI=1S/C18H22N2O4S2/c1-3-15-5-8-17(9-6-15)26(23,24)19-18-10-7-16(13-14(18)2)20-11-4-12-25(20,21)22/h5-10,13,19H,3-4,11-12H2,1-2H3. The smallest absolute Gasteiger partial charge is 0.261 e. The van der Waals surface area contributed by atoms with Crippen molar-refractivity contribution >= 4 is 31.4 Å². The molecule has 0 aliphatic carbocycles. The molecule has 8 heteroatoms. The lowest BCUT2D eigenvalue weighted by atomic mass is 10.2. The average molecular weight is 395 g/mol. The second-order valence-corrected chi connectivity index (χ2v) is 10.0. The van der Waals surface area contributed by atoms with Crippen LogP contribution in [0.3, 0.4) is 0 Å². The van der Waals surface area contributed by atoms with Crippen molar-refractivity contribution in [3.8, 4) is 0 Å². The van der Waals surface area contributed by atoms with E-state index < -0.39 is 20.0 Å². The van der Waals surface area contributed by atoms with E-state index in [-0.39, 0.29) is 10.6 Å². The summed E-state index contributed by atoms with van der Waals surface area (Å²) in [6, 6.07) is 11.7. The van der Waals surface area contributed by atoms with Gasteiger partial charge in [0.25, 0.3) is 10.0 Å². The van der Waals surface area contributed by atoms with Crippen molar-refractivity contribution in [2.75, 3.05) is 21.3 Å². The molecule has 0 amide bonds. The van der Waals surface area contributed by atoms with Crippen molar-refractivity contribution in [1.82, 2.24) is 0 Å². The van der Waals surface area contributed by atoms with E-state index in [0.717, 1.165) is 12.0 Å². The van der Waals surface area contributed by atoms with Crippen LogP contribution >= 0.6 is 0 Å². The van der Waals surface area contributed by atoms with Gasteiger partial charge in [0, 0.05) is 6.54 Å². The first-order valence-corrected chi connectivity index (χ1v) is 11.5. The average Bonchev–Trinajstić information content (AvgIpc) is 2.96. The molecule has 1 aliphatic heterocycles. The topological polar surface area (TPSA) is 83.6 Å². The molecule has 0 atom stereocenters. The van der Waals surface area contributed by atoms with Crippen LogP contribution in [-0.4, -0.2) is 29.1 Å². The highest BCUT2D eigenvalue weighted by atomic mass is 32.2. The van der Waals surface area contributed by atoms with Crippen LogP contribution in [0.25, 0.3) is 0 Å². The lowest BCUT2D eigenvalue weighted by Crippen LogP contribution is -2.25. The van der Waals surface area contributed by atoms with Crippen molar-refractivity contribution in [2.24, 2.45) is 0 Å². The SMILES string of the molecule is CCc1ccc(S(=O)(=O)Nc2ccc(N3CCCS3(=O)=O)cc2C)cc1. The minimum Gasteiger partial charge on any atom is -0.279 e. The number of sulfonamides is 2. The predicted octanol–water partition coefficient (Wildman–Crippen LogP) is 2.90. The molecule has 140 valence electrons. The zero-order valence-corrected chi connectivity index (χ0v) is 16.4. The van der Waals surface area contributed by atoms with Crippen LogP contribution < -0.4 is 9.03 Å². The Hall–Kier alpha value is -2.06. The molecule has 1 fully saturated rings. The first-order chi connectivity index (χ1) is 12.2. The fourth-order valence-corrected chi connectivity index (χ4v) is 5.64. The van der Waals surface area contributed by atoms with Crippen molar-refractivity contribution in [2.45, 2.75) is 31.6 Å². The van der Waals surface area contributed by atoms with Crippen LogP contribution in [0, 0.1) is 6.92 Å². The maximum absolute atomic E-state index is 12.6. The predicted molar refractivity (Wildman–Crippen MR) is 104 cm³/mol. The van der Waals surface area contributed by atoms with Crippen LogP contribution in [0.15, 0.2) is 47.4 Å². The molecule has 2 aromatic carbocycles. The minimum atomic E-state index is -3.70. The molecule has 0 unspecified atom stereocenters. The zero-order chi connectivity index (χ0) is 18.9. The van der Waals surface area contributed by atoms with Gasteiger partial charge in [-0.05, 0) is 61.2 Å². The Morgan fingerprint density at radius 3 is 2.35 bits per heavy atom. The molecule has 0 bridgehead atoms. The van der Waals surface area contributed by atoms with E-state index in [1.54, 1.807) is 49.4 Å². The normalized spacial score (nSPS) is 16.6. The summed E-state index contributed by atoms with van der Waals surface area (Å²) in [5, 5.41) is 0. The van der Waals surface area contributed by atoms with Crippen molar-refractivity contribution < 1.29 is 16.8 Å². The Bertz CT molecular complexity index is 1010. The van der Waals surface area contributed by atoms with E-state index in [4.69, 9.17) is 0 Å². The molecular weight excluding hydrogens is 372 g/mol. The van der Waals surface area contributed by atoms with Crippen molar-refractivity contribution in [3.63, 3.8) is 0 Å². The summed E-state index contributed by atoms with van der Waals surface area (Å²) in [5.41, 5.74) is 2.73. The molecule has 0 aromatic heterocycles. The van der Waals surface area contributed by atoms with Crippen LogP contribution in [0.5, 0.6) is 0 Å². The zero-order valence-electron chi connectivity index (χ0n) is 14.8. The fraction of sp³-hybridized carbons (Fsp3) is 0.333. The highest BCUT2D eigenvalue weighted by molar-refractivity contribution is 7.93. The van der Waals surface area contributed by atoms with Gasteiger partial charge in [0.1, 0.15) is 0 Å². The third-order valence-electron chi connectivity index (χ3n) is 4.48.